The molecular formula is C27H20F3NO3S2. The third-order valence-corrected chi connectivity index (χ3v) is 8.20. The van der Waals surface area contributed by atoms with E-state index in [4.69, 9.17) is 14.8 Å². The van der Waals surface area contributed by atoms with Crippen molar-refractivity contribution in [3.8, 4) is 28.1 Å². The highest BCUT2D eigenvalue weighted by atomic mass is 32.2. The van der Waals surface area contributed by atoms with Crippen LogP contribution in [-0.4, -0.2) is 22.7 Å². The maximum absolute atomic E-state index is 13.8. The van der Waals surface area contributed by atoms with Gasteiger partial charge in [-0.25, -0.2) is 9.78 Å². The normalized spacial score (nSPS) is 12.6. The maximum Gasteiger partial charge on any atom is 0.417 e. The number of ether oxygens (including phenoxy) is 1. The number of hydrogen-bond donors (Lipinski definition) is 1. The molecule has 0 saturated carbocycles. The standard InChI is InChI=1S/C27H20F3NO3S2/c28-27(29,30)20-10-4-8-17(24(20)16-6-2-1-3-7-16)15-35-26-31-25-19-9-5-11-21(34-14-23(32)33)18(19)12-13-22(25)36-26/h1-11H,12-15H2,(H,32,33). The van der Waals surface area contributed by atoms with E-state index in [9.17, 15) is 18.0 Å². The number of rotatable bonds is 7. The molecule has 1 aliphatic carbocycles. The highest BCUT2D eigenvalue weighted by Gasteiger charge is 2.34. The summed E-state index contributed by atoms with van der Waals surface area (Å²) in [5.41, 5.74) is 3.35. The molecule has 0 radical (unpaired) electrons. The van der Waals surface area contributed by atoms with Crippen LogP contribution in [0.3, 0.4) is 0 Å². The second-order valence-electron chi connectivity index (χ2n) is 8.21. The van der Waals surface area contributed by atoms with E-state index in [2.05, 4.69) is 0 Å². The molecule has 0 atom stereocenters. The topological polar surface area (TPSA) is 59.4 Å². The van der Waals surface area contributed by atoms with Crippen LogP contribution >= 0.6 is 23.1 Å². The molecule has 1 aromatic heterocycles. The number of alkyl halides is 3. The van der Waals surface area contributed by atoms with E-state index in [0.29, 0.717) is 29.1 Å². The SMILES string of the molecule is O=C(O)COc1cccc2c1CCc1sc(SCc3cccc(C(F)(F)F)c3-c3ccccc3)nc1-2. The Kier molecular flexibility index (Phi) is 6.77. The average molecular weight is 528 g/mol. The minimum absolute atomic E-state index is 0.199. The van der Waals surface area contributed by atoms with Gasteiger partial charge in [-0.05, 0) is 41.7 Å². The lowest BCUT2D eigenvalue weighted by atomic mass is 9.93. The predicted molar refractivity (Wildman–Crippen MR) is 135 cm³/mol. The first-order valence-electron chi connectivity index (χ1n) is 11.1. The molecule has 0 saturated heterocycles. The second kappa shape index (κ2) is 9.99. The number of nitrogens with zero attached hydrogens (tertiary/aromatic N) is 1. The summed E-state index contributed by atoms with van der Waals surface area (Å²) in [6.07, 6.45) is -3.01. The number of benzene rings is 3. The number of aryl methyl sites for hydroxylation is 1. The largest absolute Gasteiger partial charge is 0.482 e. The van der Waals surface area contributed by atoms with Crippen LogP contribution in [0.5, 0.6) is 5.75 Å². The Morgan fingerprint density at radius 1 is 1.03 bits per heavy atom. The Morgan fingerprint density at radius 2 is 1.81 bits per heavy atom. The van der Waals surface area contributed by atoms with E-state index in [1.165, 1.54) is 17.8 Å². The highest BCUT2D eigenvalue weighted by Crippen LogP contribution is 2.44. The van der Waals surface area contributed by atoms with Gasteiger partial charge in [0.05, 0.1) is 11.3 Å². The van der Waals surface area contributed by atoms with Gasteiger partial charge >= 0.3 is 12.1 Å². The zero-order valence-electron chi connectivity index (χ0n) is 18.8. The van der Waals surface area contributed by atoms with Crippen LogP contribution in [0.1, 0.15) is 21.6 Å². The molecular weight excluding hydrogens is 507 g/mol. The monoisotopic (exact) mass is 527 g/mol. The lowest BCUT2D eigenvalue weighted by molar-refractivity contribution is -0.139. The number of aliphatic carboxylic acids is 1. The molecule has 0 spiro atoms. The summed E-state index contributed by atoms with van der Waals surface area (Å²) in [5, 5.41) is 8.95. The molecule has 4 nitrogen and oxygen atoms in total. The summed E-state index contributed by atoms with van der Waals surface area (Å²) < 4.78 is 47.8. The number of halogens is 3. The second-order valence-corrected chi connectivity index (χ2v) is 10.5. The molecule has 0 unspecified atom stereocenters. The number of carboxylic acid groups (broad SMARTS) is 1. The van der Waals surface area contributed by atoms with Gasteiger partial charge in [-0.2, -0.15) is 13.2 Å². The van der Waals surface area contributed by atoms with E-state index in [1.54, 1.807) is 53.8 Å². The van der Waals surface area contributed by atoms with Crippen LogP contribution in [-0.2, 0) is 29.6 Å². The van der Waals surface area contributed by atoms with Gasteiger partial charge in [-0.3, -0.25) is 0 Å². The lowest BCUT2D eigenvalue weighted by Gasteiger charge is -2.18. The minimum Gasteiger partial charge on any atom is -0.482 e. The molecule has 36 heavy (non-hydrogen) atoms. The minimum atomic E-state index is -4.46. The first-order chi connectivity index (χ1) is 17.3. The van der Waals surface area contributed by atoms with Crippen molar-refractivity contribution in [2.24, 2.45) is 0 Å². The van der Waals surface area contributed by atoms with Gasteiger partial charge in [0.2, 0.25) is 0 Å². The molecule has 3 aromatic carbocycles. The Hall–Kier alpha value is -3.30. The van der Waals surface area contributed by atoms with Crippen molar-refractivity contribution in [3.63, 3.8) is 0 Å². The lowest BCUT2D eigenvalue weighted by Crippen LogP contribution is -2.12. The molecule has 1 heterocycles. The van der Waals surface area contributed by atoms with Crippen LogP contribution in [0, 0.1) is 0 Å². The van der Waals surface area contributed by atoms with Gasteiger partial charge in [-0.15, -0.1) is 11.3 Å². The molecule has 0 aliphatic heterocycles. The number of thiazole rings is 1. The summed E-state index contributed by atoms with van der Waals surface area (Å²) in [5.74, 6) is -0.157. The fourth-order valence-corrected chi connectivity index (χ4v) is 6.57. The average Bonchev–Trinajstić information content (AvgIpc) is 3.29. The van der Waals surface area contributed by atoms with Crippen molar-refractivity contribution in [2.45, 2.75) is 29.1 Å². The van der Waals surface area contributed by atoms with Crippen LogP contribution in [0.15, 0.2) is 71.1 Å². The molecule has 5 rings (SSSR count). The van der Waals surface area contributed by atoms with Crippen LogP contribution in [0.4, 0.5) is 13.2 Å². The molecule has 4 aromatic rings. The van der Waals surface area contributed by atoms with Gasteiger partial charge < -0.3 is 9.84 Å². The van der Waals surface area contributed by atoms with Crippen molar-refractivity contribution in [2.75, 3.05) is 6.61 Å². The molecule has 9 heteroatoms. The summed E-state index contributed by atoms with van der Waals surface area (Å²) in [7, 11) is 0. The molecule has 0 fully saturated rings. The number of hydrogen-bond acceptors (Lipinski definition) is 5. The third-order valence-electron chi connectivity index (χ3n) is 5.89. The van der Waals surface area contributed by atoms with E-state index in [0.717, 1.165) is 38.5 Å². The molecule has 1 aliphatic rings. The number of aromatic nitrogens is 1. The van der Waals surface area contributed by atoms with Crippen molar-refractivity contribution in [1.82, 2.24) is 4.98 Å². The Balaban J connectivity index is 1.44. The number of carboxylic acids is 1. The van der Waals surface area contributed by atoms with Gasteiger partial charge in [0.25, 0.3) is 0 Å². The first-order valence-corrected chi connectivity index (χ1v) is 13.0. The van der Waals surface area contributed by atoms with Crippen molar-refractivity contribution in [3.05, 3.63) is 88.3 Å². The van der Waals surface area contributed by atoms with Crippen LogP contribution < -0.4 is 4.74 Å². The van der Waals surface area contributed by atoms with E-state index in [1.807, 2.05) is 12.1 Å². The summed E-state index contributed by atoms with van der Waals surface area (Å²) in [4.78, 5) is 16.8. The Morgan fingerprint density at radius 3 is 2.56 bits per heavy atom. The smallest absolute Gasteiger partial charge is 0.417 e. The summed E-state index contributed by atoms with van der Waals surface area (Å²) in [6.45, 7) is -0.414. The number of thioether (sulfide) groups is 1. The summed E-state index contributed by atoms with van der Waals surface area (Å²) >= 11 is 2.97. The van der Waals surface area contributed by atoms with Gasteiger partial charge in [0.1, 0.15) is 5.75 Å². The zero-order valence-corrected chi connectivity index (χ0v) is 20.5. The summed E-state index contributed by atoms with van der Waals surface area (Å²) in [6, 6.07) is 18.5. The fraction of sp³-hybridized carbons (Fsp3) is 0.185. The van der Waals surface area contributed by atoms with Gasteiger partial charge in [0, 0.05) is 21.8 Å². The molecule has 0 bridgehead atoms. The van der Waals surface area contributed by atoms with Gasteiger partial charge in [0.15, 0.2) is 10.9 Å². The maximum atomic E-state index is 13.8. The first kappa shape index (κ1) is 24.4. The van der Waals surface area contributed by atoms with E-state index >= 15 is 0 Å². The Bertz CT molecular complexity index is 1420. The van der Waals surface area contributed by atoms with E-state index in [-0.39, 0.29) is 5.56 Å². The Labute approximate surface area is 213 Å². The van der Waals surface area contributed by atoms with Crippen molar-refractivity contribution >= 4 is 29.1 Å². The van der Waals surface area contributed by atoms with Crippen molar-refractivity contribution in [1.29, 1.82) is 0 Å². The zero-order chi connectivity index (χ0) is 25.3. The van der Waals surface area contributed by atoms with E-state index < -0.39 is 24.3 Å². The third kappa shape index (κ3) is 4.99. The van der Waals surface area contributed by atoms with Crippen molar-refractivity contribution < 1.29 is 27.8 Å². The molecule has 184 valence electrons. The predicted octanol–water partition coefficient (Wildman–Crippen LogP) is 7.35. The highest BCUT2D eigenvalue weighted by molar-refractivity contribution is 8.00. The quantitative estimate of drug-likeness (QED) is 0.255. The number of carbonyl (C=O) groups is 1. The van der Waals surface area contributed by atoms with Crippen LogP contribution in [0.2, 0.25) is 0 Å². The fourth-order valence-electron chi connectivity index (χ4n) is 4.37. The number of fused-ring (bicyclic) bond motifs is 3. The van der Waals surface area contributed by atoms with Crippen LogP contribution in [0.25, 0.3) is 22.4 Å². The molecule has 0 amide bonds. The van der Waals surface area contributed by atoms with Gasteiger partial charge in [-0.1, -0.05) is 66.4 Å². The molecule has 1 N–H and O–H groups in total.